The SMILES string of the molecule is N[C@@H]1CCCN(C(=O)CCCc2ccc3c(c2)CC(=O)N3)C1. The maximum absolute atomic E-state index is 12.2. The van der Waals surface area contributed by atoms with Gasteiger partial charge in [0.15, 0.2) is 0 Å². The van der Waals surface area contributed by atoms with Crippen LogP contribution in [0.2, 0.25) is 0 Å². The predicted octanol–water partition coefficient (Wildman–Crippen LogP) is 1.45. The van der Waals surface area contributed by atoms with Crippen molar-refractivity contribution in [2.75, 3.05) is 18.4 Å². The fourth-order valence-corrected chi connectivity index (χ4v) is 3.28. The maximum atomic E-state index is 12.2. The highest BCUT2D eigenvalue weighted by molar-refractivity contribution is 5.99. The number of rotatable bonds is 4. The van der Waals surface area contributed by atoms with E-state index in [1.807, 2.05) is 17.0 Å². The lowest BCUT2D eigenvalue weighted by Gasteiger charge is -2.30. The molecule has 5 heteroatoms. The Morgan fingerprint density at radius 3 is 3.09 bits per heavy atom. The Labute approximate surface area is 130 Å². The molecule has 0 saturated carbocycles. The van der Waals surface area contributed by atoms with Crippen LogP contribution >= 0.6 is 0 Å². The Morgan fingerprint density at radius 1 is 1.41 bits per heavy atom. The van der Waals surface area contributed by atoms with Crippen LogP contribution < -0.4 is 11.1 Å². The van der Waals surface area contributed by atoms with Crippen LogP contribution in [0.1, 0.15) is 36.8 Å². The molecule has 2 aliphatic rings. The molecule has 3 N–H and O–H groups in total. The number of fused-ring (bicyclic) bond motifs is 1. The summed E-state index contributed by atoms with van der Waals surface area (Å²) in [5.74, 6) is 0.275. The Balaban J connectivity index is 1.48. The molecule has 1 saturated heterocycles. The van der Waals surface area contributed by atoms with Crippen LogP contribution in [0.25, 0.3) is 0 Å². The molecule has 3 rings (SSSR count). The molecule has 0 aliphatic carbocycles. The van der Waals surface area contributed by atoms with E-state index in [1.165, 1.54) is 5.56 Å². The van der Waals surface area contributed by atoms with Crippen LogP contribution in [0, 0.1) is 0 Å². The topological polar surface area (TPSA) is 75.4 Å². The van der Waals surface area contributed by atoms with E-state index in [0.29, 0.717) is 19.4 Å². The molecular weight excluding hydrogens is 278 g/mol. The van der Waals surface area contributed by atoms with Gasteiger partial charge in [-0.05, 0) is 42.9 Å². The number of nitrogens with two attached hydrogens (primary N) is 1. The largest absolute Gasteiger partial charge is 0.341 e. The molecule has 118 valence electrons. The average Bonchev–Trinajstić information content (AvgIpc) is 2.86. The number of nitrogens with zero attached hydrogens (tertiary/aromatic N) is 1. The summed E-state index contributed by atoms with van der Waals surface area (Å²) in [7, 11) is 0. The van der Waals surface area contributed by atoms with Crippen LogP contribution in [0.4, 0.5) is 5.69 Å². The number of hydrogen-bond acceptors (Lipinski definition) is 3. The molecule has 1 atom stereocenters. The van der Waals surface area contributed by atoms with Crippen LogP contribution in [0.3, 0.4) is 0 Å². The van der Waals surface area contributed by atoms with E-state index >= 15 is 0 Å². The number of hydrogen-bond donors (Lipinski definition) is 2. The van der Waals surface area contributed by atoms with Crippen LogP contribution in [-0.2, 0) is 22.4 Å². The van der Waals surface area contributed by atoms with Gasteiger partial charge in [0, 0.05) is 31.2 Å². The fraction of sp³-hybridized carbons (Fsp3) is 0.529. The first kappa shape index (κ1) is 15.0. The molecule has 0 bridgehead atoms. The Morgan fingerprint density at radius 2 is 2.27 bits per heavy atom. The summed E-state index contributed by atoms with van der Waals surface area (Å²) < 4.78 is 0. The molecule has 5 nitrogen and oxygen atoms in total. The van der Waals surface area contributed by atoms with Crippen molar-refractivity contribution in [2.45, 2.75) is 44.6 Å². The molecule has 0 aromatic heterocycles. The first-order valence-corrected chi connectivity index (χ1v) is 8.07. The Bertz CT molecular complexity index is 585. The summed E-state index contributed by atoms with van der Waals surface area (Å²) in [6.45, 7) is 1.55. The van der Waals surface area contributed by atoms with E-state index < -0.39 is 0 Å². The Hall–Kier alpha value is -1.88. The molecule has 1 fully saturated rings. The predicted molar refractivity (Wildman–Crippen MR) is 85.5 cm³/mol. The van der Waals surface area contributed by atoms with Crippen molar-refractivity contribution >= 4 is 17.5 Å². The normalized spacial score (nSPS) is 20.7. The summed E-state index contributed by atoms with van der Waals surface area (Å²) in [5, 5.41) is 2.83. The van der Waals surface area contributed by atoms with Crippen molar-refractivity contribution in [2.24, 2.45) is 5.73 Å². The standard InChI is InChI=1S/C17H23N3O2/c18-14-4-2-8-20(11-14)17(22)5-1-3-12-6-7-15-13(9-12)10-16(21)19-15/h6-7,9,14H,1-5,8,10-11,18H2,(H,19,21)/t14-/m1/s1. The third-order valence-corrected chi connectivity index (χ3v) is 4.46. The van der Waals surface area contributed by atoms with Gasteiger partial charge in [-0.15, -0.1) is 0 Å². The molecule has 0 radical (unpaired) electrons. The number of anilines is 1. The summed E-state index contributed by atoms with van der Waals surface area (Å²) in [6.07, 6.45) is 4.77. The smallest absolute Gasteiger partial charge is 0.228 e. The lowest BCUT2D eigenvalue weighted by Crippen LogP contribution is -2.45. The monoisotopic (exact) mass is 301 g/mol. The van der Waals surface area contributed by atoms with Crippen molar-refractivity contribution in [3.63, 3.8) is 0 Å². The average molecular weight is 301 g/mol. The summed E-state index contributed by atoms with van der Waals surface area (Å²) in [5.41, 5.74) is 9.10. The number of benzene rings is 1. The van der Waals surface area contributed by atoms with E-state index in [0.717, 1.165) is 43.5 Å². The minimum absolute atomic E-state index is 0.0590. The molecule has 2 heterocycles. The third-order valence-electron chi connectivity index (χ3n) is 4.46. The number of aryl methyl sites for hydroxylation is 1. The highest BCUT2D eigenvalue weighted by Gasteiger charge is 2.21. The van der Waals surface area contributed by atoms with Crippen molar-refractivity contribution in [1.29, 1.82) is 0 Å². The van der Waals surface area contributed by atoms with Crippen molar-refractivity contribution in [1.82, 2.24) is 4.90 Å². The zero-order valence-electron chi connectivity index (χ0n) is 12.8. The zero-order chi connectivity index (χ0) is 15.5. The summed E-state index contributed by atoms with van der Waals surface area (Å²) in [4.78, 5) is 25.4. The highest BCUT2D eigenvalue weighted by Crippen LogP contribution is 2.24. The number of likely N-dealkylation sites (tertiary alicyclic amines) is 1. The number of piperidine rings is 1. The quantitative estimate of drug-likeness (QED) is 0.884. The van der Waals surface area contributed by atoms with Crippen molar-refractivity contribution < 1.29 is 9.59 Å². The van der Waals surface area contributed by atoms with E-state index in [-0.39, 0.29) is 17.9 Å². The molecule has 1 aromatic rings. The number of amides is 2. The van der Waals surface area contributed by atoms with Crippen LogP contribution in [0.5, 0.6) is 0 Å². The zero-order valence-corrected chi connectivity index (χ0v) is 12.8. The van der Waals surface area contributed by atoms with Gasteiger partial charge in [0.1, 0.15) is 0 Å². The molecule has 0 unspecified atom stereocenters. The van der Waals surface area contributed by atoms with Gasteiger partial charge in [0.05, 0.1) is 6.42 Å². The molecule has 0 spiro atoms. The van der Waals surface area contributed by atoms with Gasteiger partial charge in [-0.3, -0.25) is 9.59 Å². The van der Waals surface area contributed by atoms with Crippen LogP contribution in [0.15, 0.2) is 18.2 Å². The van der Waals surface area contributed by atoms with Gasteiger partial charge in [-0.1, -0.05) is 12.1 Å². The van der Waals surface area contributed by atoms with E-state index in [1.54, 1.807) is 0 Å². The van der Waals surface area contributed by atoms with Crippen LogP contribution in [-0.4, -0.2) is 35.8 Å². The minimum atomic E-state index is 0.0590. The Kier molecular flexibility index (Phi) is 4.43. The minimum Gasteiger partial charge on any atom is -0.341 e. The highest BCUT2D eigenvalue weighted by atomic mass is 16.2. The second-order valence-corrected chi connectivity index (χ2v) is 6.31. The third kappa shape index (κ3) is 3.47. The molecule has 2 amide bonds. The fourth-order valence-electron chi connectivity index (χ4n) is 3.28. The summed E-state index contributed by atoms with van der Waals surface area (Å²) >= 11 is 0. The van der Waals surface area contributed by atoms with E-state index in [2.05, 4.69) is 11.4 Å². The van der Waals surface area contributed by atoms with E-state index in [9.17, 15) is 9.59 Å². The molecule has 22 heavy (non-hydrogen) atoms. The van der Waals surface area contributed by atoms with Gasteiger partial charge in [-0.25, -0.2) is 0 Å². The van der Waals surface area contributed by atoms with Gasteiger partial charge >= 0.3 is 0 Å². The maximum Gasteiger partial charge on any atom is 0.228 e. The van der Waals surface area contributed by atoms with Crippen molar-refractivity contribution in [3.05, 3.63) is 29.3 Å². The van der Waals surface area contributed by atoms with Gasteiger partial charge in [-0.2, -0.15) is 0 Å². The van der Waals surface area contributed by atoms with Crippen molar-refractivity contribution in [3.8, 4) is 0 Å². The number of carbonyl (C=O) groups excluding carboxylic acids is 2. The van der Waals surface area contributed by atoms with Gasteiger partial charge in [0.2, 0.25) is 11.8 Å². The first-order chi connectivity index (χ1) is 10.6. The lowest BCUT2D eigenvalue weighted by atomic mass is 10.0. The second-order valence-electron chi connectivity index (χ2n) is 6.31. The number of carbonyl (C=O) groups is 2. The van der Waals surface area contributed by atoms with Gasteiger partial charge in [0.25, 0.3) is 0 Å². The molecule has 2 aliphatic heterocycles. The van der Waals surface area contributed by atoms with E-state index in [4.69, 9.17) is 5.73 Å². The number of nitrogens with one attached hydrogen (secondary N) is 1. The van der Waals surface area contributed by atoms with Gasteiger partial charge < -0.3 is 16.0 Å². The first-order valence-electron chi connectivity index (χ1n) is 8.07. The lowest BCUT2D eigenvalue weighted by molar-refractivity contribution is -0.132. The molecule has 1 aromatic carbocycles. The second kappa shape index (κ2) is 6.48. The summed E-state index contributed by atoms with van der Waals surface area (Å²) in [6, 6.07) is 6.21. The molecular formula is C17H23N3O2.